The molecule has 0 saturated carbocycles. The zero-order valence-corrected chi connectivity index (χ0v) is 16.7. The SMILES string of the molecule is Cc1ccc(OCCNC(=O)C2CCN(Cc3ccccc3F)CC2)c(C)c1. The molecule has 0 radical (unpaired) electrons. The first-order valence-corrected chi connectivity index (χ1v) is 9.96. The number of hydrogen-bond donors (Lipinski definition) is 1. The maximum absolute atomic E-state index is 13.8. The third kappa shape index (κ3) is 5.55. The van der Waals surface area contributed by atoms with E-state index in [4.69, 9.17) is 4.74 Å². The van der Waals surface area contributed by atoms with Gasteiger partial charge in [0.2, 0.25) is 5.91 Å². The highest BCUT2D eigenvalue weighted by molar-refractivity contribution is 5.78. The summed E-state index contributed by atoms with van der Waals surface area (Å²) in [6, 6.07) is 13.0. The highest BCUT2D eigenvalue weighted by atomic mass is 19.1. The lowest BCUT2D eigenvalue weighted by Gasteiger charge is -2.31. The minimum absolute atomic E-state index is 0.0259. The van der Waals surface area contributed by atoms with Crippen LogP contribution in [0.5, 0.6) is 5.75 Å². The Bertz CT molecular complexity index is 801. The molecule has 150 valence electrons. The van der Waals surface area contributed by atoms with Gasteiger partial charge < -0.3 is 10.1 Å². The summed E-state index contributed by atoms with van der Waals surface area (Å²) in [5, 5.41) is 2.98. The molecule has 1 amide bonds. The second-order valence-corrected chi connectivity index (χ2v) is 7.55. The average molecular weight is 384 g/mol. The molecule has 1 aliphatic heterocycles. The molecule has 0 spiro atoms. The van der Waals surface area contributed by atoms with Crippen LogP contribution in [0.4, 0.5) is 4.39 Å². The van der Waals surface area contributed by atoms with Gasteiger partial charge >= 0.3 is 0 Å². The van der Waals surface area contributed by atoms with Gasteiger partial charge in [-0.15, -0.1) is 0 Å². The van der Waals surface area contributed by atoms with Crippen molar-refractivity contribution >= 4 is 5.91 Å². The van der Waals surface area contributed by atoms with Crippen molar-refractivity contribution in [2.75, 3.05) is 26.2 Å². The minimum Gasteiger partial charge on any atom is -0.491 e. The Hall–Kier alpha value is -2.40. The van der Waals surface area contributed by atoms with Crippen LogP contribution in [0.15, 0.2) is 42.5 Å². The van der Waals surface area contributed by atoms with E-state index in [1.165, 1.54) is 11.6 Å². The third-order valence-electron chi connectivity index (χ3n) is 5.30. The monoisotopic (exact) mass is 384 g/mol. The van der Waals surface area contributed by atoms with Crippen LogP contribution in [0.2, 0.25) is 0 Å². The Morgan fingerprint density at radius 1 is 1.18 bits per heavy atom. The van der Waals surface area contributed by atoms with Crippen molar-refractivity contribution in [3.05, 3.63) is 65.0 Å². The summed E-state index contributed by atoms with van der Waals surface area (Å²) >= 11 is 0. The summed E-state index contributed by atoms with van der Waals surface area (Å²) in [4.78, 5) is 14.6. The Balaban J connectivity index is 1.36. The fraction of sp³-hybridized carbons (Fsp3) is 0.435. The van der Waals surface area contributed by atoms with Crippen LogP contribution in [0.25, 0.3) is 0 Å². The van der Waals surface area contributed by atoms with Gasteiger partial charge in [0, 0.05) is 18.0 Å². The van der Waals surface area contributed by atoms with Crippen molar-refractivity contribution < 1.29 is 13.9 Å². The highest BCUT2D eigenvalue weighted by Gasteiger charge is 2.25. The first-order chi connectivity index (χ1) is 13.5. The minimum atomic E-state index is -0.161. The van der Waals surface area contributed by atoms with Gasteiger partial charge in [0.1, 0.15) is 18.2 Å². The molecule has 1 aliphatic rings. The molecule has 28 heavy (non-hydrogen) atoms. The predicted octanol–water partition coefficient (Wildman–Crippen LogP) is 3.85. The summed E-state index contributed by atoms with van der Waals surface area (Å²) in [5.74, 6) is 0.820. The first-order valence-electron chi connectivity index (χ1n) is 9.96. The van der Waals surface area contributed by atoms with E-state index in [9.17, 15) is 9.18 Å². The predicted molar refractivity (Wildman–Crippen MR) is 109 cm³/mol. The van der Waals surface area contributed by atoms with E-state index >= 15 is 0 Å². The molecule has 2 aromatic rings. The Morgan fingerprint density at radius 3 is 2.64 bits per heavy atom. The number of amides is 1. The van der Waals surface area contributed by atoms with Crippen LogP contribution >= 0.6 is 0 Å². The number of carbonyl (C=O) groups excluding carboxylic acids is 1. The van der Waals surface area contributed by atoms with Crippen LogP contribution in [0.3, 0.4) is 0 Å². The molecule has 1 N–H and O–H groups in total. The van der Waals surface area contributed by atoms with E-state index in [0.717, 1.165) is 37.2 Å². The summed E-state index contributed by atoms with van der Waals surface area (Å²) < 4.78 is 19.6. The van der Waals surface area contributed by atoms with Crippen molar-refractivity contribution in [2.24, 2.45) is 5.92 Å². The van der Waals surface area contributed by atoms with Gasteiger partial charge in [-0.25, -0.2) is 4.39 Å². The third-order valence-corrected chi connectivity index (χ3v) is 5.30. The number of rotatable bonds is 7. The van der Waals surface area contributed by atoms with Crippen LogP contribution in [-0.4, -0.2) is 37.0 Å². The van der Waals surface area contributed by atoms with Crippen LogP contribution in [0.1, 0.15) is 29.5 Å². The lowest BCUT2D eigenvalue weighted by Crippen LogP contribution is -2.41. The molecule has 0 aliphatic carbocycles. The van der Waals surface area contributed by atoms with Gasteiger partial charge in [-0.1, -0.05) is 35.9 Å². The molecule has 3 rings (SSSR count). The average Bonchev–Trinajstić information content (AvgIpc) is 2.69. The molecule has 0 aromatic heterocycles. The normalized spacial score (nSPS) is 15.4. The van der Waals surface area contributed by atoms with Gasteiger partial charge in [-0.2, -0.15) is 0 Å². The van der Waals surface area contributed by atoms with E-state index < -0.39 is 0 Å². The molecule has 1 saturated heterocycles. The van der Waals surface area contributed by atoms with Crippen LogP contribution < -0.4 is 10.1 Å². The van der Waals surface area contributed by atoms with Crippen LogP contribution in [-0.2, 0) is 11.3 Å². The first kappa shape index (κ1) is 20.3. The van der Waals surface area contributed by atoms with Crippen molar-refractivity contribution in [2.45, 2.75) is 33.2 Å². The van der Waals surface area contributed by atoms with Gasteiger partial charge in [0.05, 0.1) is 6.54 Å². The van der Waals surface area contributed by atoms with Gasteiger partial charge in [0.15, 0.2) is 0 Å². The second-order valence-electron chi connectivity index (χ2n) is 7.55. The number of halogens is 1. The molecular weight excluding hydrogens is 355 g/mol. The lowest BCUT2D eigenvalue weighted by molar-refractivity contribution is -0.126. The molecule has 1 heterocycles. The maximum atomic E-state index is 13.8. The zero-order chi connectivity index (χ0) is 19.9. The Kier molecular flexibility index (Phi) is 7.04. The summed E-state index contributed by atoms with van der Waals surface area (Å²) in [6.07, 6.45) is 1.61. The molecular formula is C23H29FN2O2. The number of nitrogens with zero attached hydrogens (tertiary/aromatic N) is 1. The van der Waals surface area contributed by atoms with Crippen molar-refractivity contribution in [1.82, 2.24) is 10.2 Å². The zero-order valence-electron chi connectivity index (χ0n) is 16.7. The molecule has 4 nitrogen and oxygen atoms in total. The fourth-order valence-electron chi connectivity index (χ4n) is 3.66. The maximum Gasteiger partial charge on any atom is 0.223 e. The lowest BCUT2D eigenvalue weighted by atomic mass is 9.95. The van der Waals surface area contributed by atoms with Crippen molar-refractivity contribution in [3.8, 4) is 5.75 Å². The second kappa shape index (κ2) is 9.69. The molecule has 0 atom stereocenters. The van der Waals surface area contributed by atoms with Crippen LogP contribution in [0, 0.1) is 25.6 Å². The van der Waals surface area contributed by atoms with E-state index in [0.29, 0.717) is 25.3 Å². The molecule has 5 heteroatoms. The summed E-state index contributed by atoms with van der Waals surface area (Å²) in [7, 11) is 0. The van der Waals surface area contributed by atoms with E-state index in [2.05, 4.69) is 23.2 Å². The number of benzene rings is 2. The van der Waals surface area contributed by atoms with Gasteiger partial charge in [-0.05, 0) is 57.5 Å². The van der Waals surface area contributed by atoms with Crippen molar-refractivity contribution in [3.63, 3.8) is 0 Å². The van der Waals surface area contributed by atoms with Gasteiger partial charge in [0.25, 0.3) is 0 Å². The standard InChI is InChI=1S/C23H29FN2O2/c1-17-7-8-22(18(2)15-17)28-14-11-25-23(27)19-9-12-26(13-10-19)16-20-5-3-4-6-21(20)24/h3-8,15,19H,9-14,16H2,1-2H3,(H,25,27). The number of nitrogens with one attached hydrogen (secondary N) is 1. The summed E-state index contributed by atoms with van der Waals surface area (Å²) in [5.41, 5.74) is 3.03. The number of ether oxygens (including phenoxy) is 1. The largest absolute Gasteiger partial charge is 0.491 e. The molecule has 0 bridgehead atoms. The quantitative estimate of drug-likeness (QED) is 0.738. The smallest absolute Gasteiger partial charge is 0.223 e. The van der Waals surface area contributed by atoms with E-state index in [1.54, 1.807) is 6.07 Å². The number of piperidine rings is 1. The summed E-state index contributed by atoms with van der Waals surface area (Å²) in [6.45, 7) is 7.26. The molecule has 0 unspecified atom stereocenters. The topological polar surface area (TPSA) is 41.6 Å². The number of carbonyl (C=O) groups is 1. The Labute approximate surface area is 166 Å². The van der Waals surface area contributed by atoms with E-state index in [-0.39, 0.29) is 17.6 Å². The van der Waals surface area contributed by atoms with Gasteiger partial charge in [-0.3, -0.25) is 9.69 Å². The molecule has 2 aromatic carbocycles. The number of aryl methyl sites for hydroxylation is 2. The number of hydrogen-bond acceptors (Lipinski definition) is 3. The Morgan fingerprint density at radius 2 is 1.93 bits per heavy atom. The number of likely N-dealkylation sites (tertiary alicyclic amines) is 1. The fourth-order valence-corrected chi connectivity index (χ4v) is 3.66. The molecule has 1 fully saturated rings. The van der Waals surface area contributed by atoms with E-state index in [1.807, 2.05) is 31.2 Å². The van der Waals surface area contributed by atoms with Crippen molar-refractivity contribution in [1.29, 1.82) is 0 Å². The highest BCUT2D eigenvalue weighted by Crippen LogP contribution is 2.21.